The highest BCUT2D eigenvalue weighted by atomic mass is 16.3. The van der Waals surface area contributed by atoms with Crippen LogP contribution in [0.5, 0.6) is 5.75 Å². The van der Waals surface area contributed by atoms with E-state index in [9.17, 15) is 14.7 Å². The molecule has 1 aliphatic rings. The van der Waals surface area contributed by atoms with Crippen molar-refractivity contribution in [3.63, 3.8) is 0 Å². The zero-order valence-electron chi connectivity index (χ0n) is 21.4. The average Bonchev–Trinajstić information content (AvgIpc) is 3.12. The SMILES string of the molecule is CCCCCCCCCCCCCCCCNc1cc(O)ccc1N1C(=O)c2ccccc2C1=O. The number of phenolic OH excluding ortho intramolecular Hbond substituents is 1. The third kappa shape index (κ3) is 7.84. The summed E-state index contributed by atoms with van der Waals surface area (Å²) in [5, 5.41) is 13.3. The number of unbranched alkanes of at least 4 members (excludes halogenated alkanes) is 13. The van der Waals surface area contributed by atoms with Gasteiger partial charge in [0, 0.05) is 12.6 Å². The Morgan fingerprint density at radius 1 is 0.686 bits per heavy atom. The number of rotatable bonds is 17. The molecular formula is C30H42N2O3. The first-order valence-electron chi connectivity index (χ1n) is 13.7. The number of hydrogen-bond donors (Lipinski definition) is 2. The number of hydrogen-bond acceptors (Lipinski definition) is 4. The molecule has 0 fully saturated rings. The second-order valence-corrected chi connectivity index (χ2v) is 9.72. The third-order valence-corrected chi connectivity index (χ3v) is 6.86. The van der Waals surface area contributed by atoms with Crippen molar-refractivity contribution in [1.82, 2.24) is 0 Å². The van der Waals surface area contributed by atoms with Gasteiger partial charge in [0.05, 0.1) is 22.5 Å². The maximum Gasteiger partial charge on any atom is 0.266 e. The minimum Gasteiger partial charge on any atom is -0.508 e. The Morgan fingerprint density at radius 3 is 1.69 bits per heavy atom. The predicted octanol–water partition coefficient (Wildman–Crippen LogP) is 8.09. The van der Waals surface area contributed by atoms with Gasteiger partial charge in [0.2, 0.25) is 0 Å². The molecule has 5 nitrogen and oxygen atoms in total. The molecule has 2 amide bonds. The van der Waals surface area contributed by atoms with Crippen molar-refractivity contribution in [2.24, 2.45) is 0 Å². The molecule has 1 aliphatic heterocycles. The van der Waals surface area contributed by atoms with Crippen LogP contribution in [0.2, 0.25) is 0 Å². The molecule has 190 valence electrons. The molecule has 3 rings (SSSR count). The van der Waals surface area contributed by atoms with Gasteiger partial charge in [-0.3, -0.25) is 9.59 Å². The van der Waals surface area contributed by atoms with Gasteiger partial charge in [0.25, 0.3) is 11.8 Å². The lowest BCUT2D eigenvalue weighted by Gasteiger charge is -2.19. The molecule has 0 bridgehead atoms. The summed E-state index contributed by atoms with van der Waals surface area (Å²) >= 11 is 0. The van der Waals surface area contributed by atoms with Crippen molar-refractivity contribution in [3.8, 4) is 5.75 Å². The quantitative estimate of drug-likeness (QED) is 0.178. The molecule has 0 saturated heterocycles. The molecular weight excluding hydrogens is 436 g/mol. The summed E-state index contributed by atoms with van der Waals surface area (Å²) in [6.07, 6.45) is 18.4. The van der Waals surface area contributed by atoms with Gasteiger partial charge in [-0.05, 0) is 30.7 Å². The lowest BCUT2D eigenvalue weighted by Crippen LogP contribution is -2.30. The molecule has 0 spiro atoms. The van der Waals surface area contributed by atoms with Gasteiger partial charge in [-0.2, -0.15) is 0 Å². The van der Waals surface area contributed by atoms with E-state index < -0.39 is 0 Å². The first kappa shape index (κ1) is 26.8. The van der Waals surface area contributed by atoms with E-state index in [2.05, 4.69) is 12.2 Å². The number of phenols is 1. The molecule has 1 heterocycles. The van der Waals surface area contributed by atoms with Gasteiger partial charge in [-0.15, -0.1) is 0 Å². The number of amides is 2. The van der Waals surface area contributed by atoms with Crippen LogP contribution >= 0.6 is 0 Å². The van der Waals surface area contributed by atoms with E-state index in [0.717, 1.165) is 19.4 Å². The molecule has 0 aliphatic carbocycles. The maximum absolute atomic E-state index is 12.9. The molecule has 2 aromatic rings. The smallest absolute Gasteiger partial charge is 0.266 e. The van der Waals surface area contributed by atoms with Crippen molar-refractivity contribution in [2.75, 3.05) is 16.8 Å². The van der Waals surface area contributed by atoms with Gasteiger partial charge in [0.1, 0.15) is 5.75 Å². The summed E-state index contributed by atoms with van der Waals surface area (Å²) in [7, 11) is 0. The Hall–Kier alpha value is -2.82. The predicted molar refractivity (Wildman–Crippen MR) is 144 cm³/mol. The third-order valence-electron chi connectivity index (χ3n) is 6.86. The Morgan fingerprint density at radius 2 is 1.17 bits per heavy atom. The number of fused-ring (bicyclic) bond motifs is 1. The molecule has 5 heteroatoms. The van der Waals surface area contributed by atoms with E-state index in [1.54, 1.807) is 36.4 Å². The van der Waals surface area contributed by atoms with E-state index in [-0.39, 0.29) is 17.6 Å². The molecule has 0 atom stereocenters. The summed E-state index contributed by atoms with van der Waals surface area (Å²) in [4.78, 5) is 27.0. The highest BCUT2D eigenvalue weighted by Crippen LogP contribution is 2.35. The summed E-state index contributed by atoms with van der Waals surface area (Å²) < 4.78 is 0. The summed E-state index contributed by atoms with van der Waals surface area (Å²) in [5.41, 5.74) is 1.93. The number of nitrogens with one attached hydrogen (secondary N) is 1. The molecule has 0 unspecified atom stereocenters. The van der Waals surface area contributed by atoms with E-state index in [1.807, 2.05) is 0 Å². The number of carbonyl (C=O) groups is 2. The summed E-state index contributed by atoms with van der Waals surface area (Å²) in [5.74, 6) is -0.541. The fourth-order valence-corrected chi connectivity index (χ4v) is 4.81. The van der Waals surface area contributed by atoms with Crippen LogP contribution in [-0.4, -0.2) is 23.5 Å². The monoisotopic (exact) mass is 478 g/mol. The Bertz CT molecular complexity index is 921. The number of carbonyl (C=O) groups excluding carboxylic acids is 2. The van der Waals surface area contributed by atoms with Crippen molar-refractivity contribution in [2.45, 2.75) is 96.8 Å². The second kappa shape index (κ2) is 14.6. The largest absolute Gasteiger partial charge is 0.508 e. The summed E-state index contributed by atoms with van der Waals surface area (Å²) in [6, 6.07) is 11.6. The molecule has 35 heavy (non-hydrogen) atoms. The minimum atomic E-state index is -0.323. The van der Waals surface area contributed by atoms with Gasteiger partial charge in [-0.1, -0.05) is 103 Å². The van der Waals surface area contributed by atoms with Crippen LogP contribution in [0.3, 0.4) is 0 Å². The number of nitrogens with zero attached hydrogens (tertiary/aromatic N) is 1. The highest BCUT2D eigenvalue weighted by molar-refractivity contribution is 6.35. The van der Waals surface area contributed by atoms with Gasteiger partial charge < -0.3 is 10.4 Å². The van der Waals surface area contributed by atoms with Crippen LogP contribution in [0, 0.1) is 0 Å². The highest BCUT2D eigenvalue weighted by Gasteiger charge is 2.37. The van der Waals surface area contributed by atoms with E-state index >= 15 is 0 Å². The number of benzene rings is 2. The van der Waals surface area contributed by atoms with Crippen LogP contribution in [0.25, 0.3) is 0 Å². The molecule has 0 saturated carbocycles. The van der Waals surface area contributed by atoms with Gasteiger partial charge in [0.15, 0.2) is 0 Å². The average molecular weight is 479 g/mol. The van der Waals surface area contributed by atoms with E-state index in [0.29, 0.717) is 22.5 Å². The van der Waals surface area contributed by atoms with Crippen LogP contribution in [0.1, 0.15) is 118 Å². The fourth-order valence-electron chi connectivity index (χ4n) is 4.81. The number of anilines is 2. The number of imide groups is 1. The van der Waals surface area contributed by atoms with Crippen LogP contribution < -0.4 is 10.2 Å². The Balaban J connectivity index is 1.33. The normalized spacial score (nSPS) is 12.9. The van der Waals surface area contributed by atoms with Crippen LogP contribution in [0.15, 0.2) is 42.5 Å². The lowest BCUT2D eigenvalue weighted by molar-refractivity contribution is 0.0926. The van der Waals surface area contributed by atoms with Crippen molar-refractivity contribution < 1.29 is 14.7 Å². The fraction of sp³-hybridized carbons (Fsp3) is 0.533. The second-order valence-electron chi connectivity index (χ2n) is 9.72. The zero-order valence-corrected chi connectivity index (χ0v) is 21.4. The minimum absolute atomic E-state index is 0.105. The standard InChI is InChI=1S/C30H42N2O3/c1-2-3-4-5-6-7-8-9-10-11-12-13-14-17-22-31-27-23-24(33)20-21-28(27)32-29(34)25-18-15-16-19-26(25)30(32)35/h15-16,18-21,23,31,33H,2-14,17,22H2,1H3. The Labute approximate surface area is 210 Å². The zero-order chi connectivity index (χ0) is 24.9. The van der Waals surface area contributed by atoms with Crippen molar-refractivity contribution in [3.05, 3.63) is 53.6 Å². The number of aromatic hydroxyl groups is 1. The first-order valence-corrected chi connectivity index (χ1v) is 13.7. The molecule has 2 N–H and O–H groups in total. The molecule has 0 aromatic heterocycles. The van der Waals surface area contributed by atoms with Gasteiger partial charge in [-0.25, -0.2) is 4.90 Å². The van der Waals surface area contributed by atoms with E-state index in [1.165, 1.54) is 88.0 Å². The topological polar surface area (TPSA) is 69.6 Å². The summed E-state index contributed by atoms with van der Waals surface area (Å²) in [6.45, 7) is 3.00. The van der Waals surface area contributed by atoms with Crippen molar-refractivity contribution >= 4 is 23.2 Å². The lowest BCUT2D eigenvalue weighted by atomic mass is 10.0. The van der Waals surface area contributed by atoms with Gasteiger partial charge >= 0.3 is 0 Å². The van der Waals surface area contributed by atoms with Crippen molar-refractivity contribution in [1.29, 1.82) is 0 Å². The molecule has 0 radical (unpaired) electrons. The van der Waals surface area contributed by atoms with E-state index in [4.69, 9.17) is 0 Å². The van der Waals surface area contributed by atoms with Crippen LogP contribution in [-0.2, 0) is 0 Å². The Kier molecular flexibility index (Phi) is 11.1. The van der Waals surface area contributed by atoms with Crippen LogP contribution in [0.4, 0.5) is 11.4 Å². The first-order chi connectivity index (χ1) is 17.1. The molecule has 2 aromatic carbocycles. The maximum atomic E-state index is 12.9.